The Bertz CT molecular complexity index is 1270. The van der Waals surface area contributed by atoms with E-state index >= 15 is 0 Å². The second kappa shape index (κ2) is 18.5. The van der Waals surface area contributed by atoms with Crippen LogP contribution in [0.4, 0.5) is 0 Å². The highest BCUT2D eigenvalue weighted by molar-refractivity contribution is 7.13. The van der Waals surface area contributed by atoms with E-state index in [0.717, 1.165) is 43.5 Å². The third kappa shape index (κ3) is 12.4. The average Bonchev–Trinajstić information content (AvgIpc) is 3.77. The van der Waals surface area contributed by atoms with Gasteiger partial charge in [0.2, 0.25) is 0 Å². The van der Waals surface area contributed by atoms with Crippen LogP contribution in [-0.2, 0) is 17.6 Å². The van der Waals surface area contributed by atoms with Gasteiger partial charge in [-0.15, -0.1) is 11.3 Å². The Labute approximate surface area is 259 Å². The predicted molar refractivity (Wildman–Crippen MR) is 176 cm³/mol. The summed E-state index contributed by atoms with van der Waals surface area (Å²) in [7, 11) is 1.95. The van der Waals surface area contributed by atoms with E-state index in [1.165, 1.54) is 46.8 Å². The van der Waals surface area contributed by atoms with Gasteiger partial charge in [0.15, 0.2) is 0 Å². The SMILES string of the molecule is C.CC(=O)CCN(C)COc1ccc(Cc2cccs2)cc1.c1ccc(Cc2cnc(OCCN3CCCC3)s2)cc1. The zero-order valence-electron chi connectivity index (χ0n) is 24.2. The standard InChI is InChI=1S/C17H21NO2S.C16H20N2OS.CH4/c1-14(19)9-10-18(2)13-20-16-7-5-15(6-8-16)12-17-4-3-11-21-17;1-2-6-14(7-3-1)12-15-13-17-16(20-15)19-11-10-18-8-4-5-9-18;/h3-8,11H,9-10,12-13H2,1-2H3;1-3,6-7,13H,4-5,8-12H2;1H4. The molecule has 8 heteroatoms. The number of likely N-dealkylation sites (tertiary alicyclic amines) is 1. The van der Waals surface area contributed by atoms with Crippen molar-refractivity contribution in [1.82, 2.24) is 14.8 Å². The molecular formula is C34H45N3O3S2. The van der Waals surface area contributed by atoms with E-state index in [9.17, 15) is 4.79 Å². The fourth-order valence-electron chi connectivity index (χ4n) is 4.42. The summed E-state index contributed by atoms with van der Waals surface area (Å²) in [6.45, 7) is 7.05. The number of carbonyl (C=O) groups excluding carboxylic acids is 1. The van der Waals surface area contributed by atoms with E-state index in [2.05, 4.69) is 63.8 Å². The molecule has 0 saturated carbocycles. The van der Waals surface area contributed by atoms with Gasteiger partial charge in [-0.25, -0.2) is 4.98 Å². The highest BCUT2D eigenvalue weighted by atomic mass is 32.1. The molecule has 1 fully saturated rings. The number of ether oxygens (including phenoxy) is 2. The lowest BCUT2D eigenvalue weighted by Crippen LogP contribution is -2.25. The van der Waals surface area contributed by atoms with Crippen molar-refractivity contribution >= 4 is 28.5 Å². The molecule has 2 aromatic carbocycles. The first-order valence-corrected chi connectivity index (χ1v) is 16.0. The van der Waals surface area contributed by atoms with Crippen molar-refractivity contribution < 1.29 is 14.3 Å². The number of benzene rings is 2. The molecule has 0 amide bonds. The molecular weight excluding hydrogens is 563 g/mol. The van der Waals surface area contributed by atoms with Crippen molar-refractivity contribution in [2.75, 3.05) is 46.6 Å². The maximum absolute atomic E-state index is 10.9. The molecule has 42 heavy (non-hydrogen) atoms. The summed E-state index contributed by atoms with van der Waals surface area (Å²) in [5.74, 6) is 1.07. The van der Waals surface area contributed by atoms with Gasteiger partial charge in [-0.2, -0.15) is 0 Å². The molecule has 1 aliphatic rings. The largest absolute Gasteiger partial charge is 0.478 e. The lowest BCUT2D eigenvalue weighted by Gasteiger charge is -2.16. The maximum atomic E-state index is 10.9. The topological polar surface area (TPSA) is 54.9 Å². The van der Waals surface area contributed by atoms with E-state index in [1.54, 1.807) is 29.6 Å². The Morgan fingerprint density at radius 1 is 0.929 bits per heavy atom. The summed E-state index contributed by atoms with van der Waals surface area (Å²) in [5.41, 5.74) is 2.61. The normalized spacial score (nSPS) is 12.8. The molecule has 0 bridgehead atoms. The Balaban J connectivity index is 0.000000225. The Morgan fingerprint density at radius 3 is 2.33 bits per heavy atom. The van der Waals surface area contributed by atoms with Crippen LogP contribution >= 0.6 is 22.7 Å². The molecule has 0 aliphatic carbocycles. The van der Waals surface area contributed by atoms with Gasteiger partial charge in [0, 0.05) is 48.3 Å². The number of rotatable bonds is 14. The van der Waals surface area contributed by atoms with Crippen LogP contribution in [0.15, 0.2) is 78.3 Å². The lowest BCUT2D eigenvalue weighted by molar-refractivity contribution is -0.117. The van der Waals surface area contributed by atoms with Crippen LogP contribution in [0.1, 0.15) is 54.5 Å². The van der Waals surface area contributed by atoms with Crippen LogP contribution in [0.2, 0.25) is 0 Å². The fourth-order valence-corrected chi connectivity index (χ4v) is 5.97. The van der Waals surface area contributed by atoms with Crippen molar-refractivity contribution in [3.05, 3.63) is 99.2 Å². The quantitative estimate of drug-likeness (QED) is 0.139. The number of ketones is 1. The molecule has 0 radical (unpaired) electrons. The highest BCUT2D eigenvalue weighted by Crippen LogP contribution is 2.23. The summed E-state index contributed by atoms with van der Waals surface area (Å²) in [6, 6.07) is 22.9. The summed E-state index contributed by atoms with van der Waals surface area (Å²) in [4.78, 5) is 22.4. The van der Waals surface area contributed by atoms with E-state index < -0.39 is 0 Å². The zero-order chi connectivity index (χ0) is 28.7. The number of Topliss-reactive ketones (excluding diaryl/α,β-unsaturated/α-hetero) is 1. The molecule has 0 spiro atoms. The zero-order valence-corrected chi connectivity index (χ0v) is 25.8. The van der Waals surface area contributed by atoms with Crippen LogP contribution in [0, 0.1) is 0 Å². The van der Waals surface area contributed by atoms with Gasteiger partial charge in [-0.3, -0.25) is 14.6 Å². The van der Waals surface area contributed by atoms with Gasteiger partial charge in [0.25, 0.3) is 5.19 Å². The van der Waals surface area contributed by atoms with E-state index in [-0.39, 0.29) is 13.2 Å². The van der Waals surface area contributed by atoms with Crippen LogP contribution in [-0.4, -0.2) is 67.1 Å². The number of hydrogen-bond donors (Lipinski definition) is 0. The number of hydrogen-bond acceptors (Lipinski definition) is 8. The summed E-state index contributed by atoms with van der Waals surface area (Å²) >= 11 is 3.44. The first kappa shape index (κ1) is 33.5. The predicted octanol–water partition coefficient (Wildman–Crippen LogP) is 7.43. The summed E-state index contributed by atoms with van der Waals surface area (Å²) in [6.07, 6.45) is 7.07. The summed E-state index contributed by atoms with van der Waals surface area (Å²) < 4.78 is 11.5. The minimum absolute atomic E-state index is 0. The molecule has 5 rings (SSSR count). The van der Waals surface area contributed by atoms with E-state index in [4.69, 9.17) is 9.47 Å². The molecule has 1 saturated heterocycles. The fraction of sp³-hybridized carbons (Fsp3) is 0.412. The second-order valence-electron chi connectivity index (χ2n) is 10.4. The van der Waals surface area contributed by atoms with Crippen LogP contribution < -0.4 is 9.47 Å². The maximum Gasteiger partial charge on any atom is 0.273 e. The number of thiophene rings is 1. The number of nitrogens with zero attached hydrogens (tertiary/aromatic N) is 3. The van der Waals surface area contributed by atoms with Crippen molar-refractivity contribution in [3.8, 4) is 10.9 Å². The van der Waals surface area contributed by atoms with E-state index in [1.807, 2.05) is 36.3 Å². The second-order valence-corrected chi connectivity index (χ2v) is 12.5. The minimum atomic E-state index is 0. The van der Waals surface area contributed by atoms with Crippen LogP contribution in [0.5, 0.6) is 10.9 Å². The molecule has 226 valence electrons. The van der Waals surface area contributed by atoms with Crippen molar-refractivity contribution in [2.45, 2.75) is 46.5 Å². The first-order valence-electron chi connectivity index (χ1n) is 14.3. The molecule has 6 nitrogen and oxygen atoms in total. The first-order chi connectivity index (χ1) is 20.0. The van der Waals surface area contributed by atoms with Gasteiger partial charge in [0.05, 0.1) is 0 Å². The molecule has 4 aromatic rings. The van der Waals surface area contributed by atoms with Crippen molar-refractivity contribution in [3.63, 3.8) is 0 Å². The third-order valence-corrected chi connectivity index (χ3v) is 8.55. The average molecular weight is 608 g/mol. The Hall–Kier alpha value is -3.04. The lowest BCUT2D eigenvalue weighted by atomic mass is 10.1. The molecule has 3 heterocycles. The Morgan fingerprint density at radius 2 is 1.64 bits per heavy atom. The molecule has 2 aromatic heterocycles. The summed E-state index contributed by atoms with van der Waals surface area (Å²) in [5, 5.41) is 2.90. The van der Waals surface area contributed by atoms with Crippen LogP contribution in [0.3, 0.4) is 0 Å². The molecule has 0 atom stereocenters. The van der Waals surface area contributed by atoms with Crippen molar-refractivity contribution in [2.24, 2.45) is 0 Å². The van der Waals surface area contributed by atoms with E-state index in [0.29, 0.717) is 13.2 Å². The van der Waals surface area contributed by atoms with Gasteiger partial charge in [-0.05, 0) is 74.6 Å². The number of thiazole rings is 1. The van der Waals surface area contributed by atoms with Gasteiger partial charge in [0.1, 0.15) is 24.9 Å². The molecule has 0 unspecified atom stereocenters. The monoisotopic (exact) mass is 607 g/mol. The van der Waals surface area contributed by atoms with Crippen LogP contribution in [0.25, 0.3) is 0 Å². The van der Waals surface area contributed by atoms with Gasteiger partial charge >= 0.3 is 0 Å². The smallest absolute Gasteiger partial charge is 0.273 e. The van der Waals surface area contributed by atoms with Crippen molar-refractivity contribution in [1.29, 1.82) is 0 Å². The molecule has 1 aliphatic heterocycles. The highest BCUT2D eigenvalue weighted by Gasteiger charge is 2.11. The van der Waals surface area contributed by atoms with Gasteiger partial charge < -0.3 is 9.47 Å². The number of carbonyl (C=O) groups is 1. The third-order valence-electron chi connectivity index (χ3n) is 6.76. The minimum Gasteiger partial charge on any atom is -0.478 e. The number of aromatic nitrogens is 1. The Kier molecular flexibility index (Phi) is 14.7. The molecule has 0 N–H and O–H groups in total. The van der Waals surface area contributed by atoms with Gasteiger partial charge in [-0.1, -0.05) is 67.3 Å².